The predicted octanol–water partition coefficient (Wildman–Crippen LogP) is 3.50. The summed E-state index contributed by atoms with van der Waals surface area (Å²) < 4.78 is 6.63. The van der Waals surface area contributed by atoms with E-state index in [2.05, 4.69) is 22.0 Å². The van der Waals surface area contributed by atoms with Crippen molar-refractivity contribution in [3.05, 3.63) is 29.3 Å². The van der Waals surface area contributed by atoms with Crippen LogP contribution in [0.2, 0.25) is 0 Å². The van der Waals surface area contributed by atoms with E-state index in [1.165, 1.54) is 12.8 Å². The molecule has 9 heteroatoms. The zero-order valence-corrected chi connectivity index (χ0v) is 24.8. The summed E-state index contributed by atoms with van der Waals surface area (Å²) in [5.74, 6) is 1.80. The molecule has 2 aliphatic carbocycles. The van der Waals surface area contributed by atoms with Crippen molar-refractivity contribution in [2.45, 2.75) is 102 Å². The average molecular weight is 577 g/mol. The molecule has 4 amide bonds. The molecule has 0 radical (unpaired) electrons. The number of carbonyl (C=O) groups is 4. The number of ether oxygens (including phenoxy) is 1. The maximum atomic E-state index is 13.1. The van der Waals surface area contributed by atoms with Crippen LogP contribution in [0.1, 0.15) is 93.5 Å². The third-order valence-corrected chi connectivity index (χ3v) is 11.3. The molecule has 5 fully saturated rings. The van der Waals surface area contributed by atoms with Crippen LogP contribution in [0.4, 0.5) is 0 Å². The van der Waals surface area contributed by atoms with Crippen molar-refractivity contribution in [2.24, 2.45) is 17.3 Å². The molecular formula is C33H44N4O5. The average Bonchev–Trinajstić information content (AvgIpc) is 3.27. The van der Waals surface area contributed by atoms with Crippen molar-refractivity contribution in [3.8, 4) is 5.75 Å². The second kappa shape index (κ2) is 11.0. The van der Waals surface area contributed by atoms with Crippen molar-refractivity contribution in [2.75, 3.05) is 26.2 Å². The van der Waals surface area contributed by atoms with E-state index in [0.717, 1.165) is 82.4 Å². The molecule has 4 aliphatic heterocycles. The Kier molecular flexibility index (Phi) is 7.27. The Morgan fingerprint density at radius 3 is 2.43 bits per heavy atom. The van der Waals surface area contributed by atoms with Gasteiger partial charge in [-0.3, -0.25) is 29.4 Å². The van der Waals surface area contributed by atoms with Crippen LogP contribution in [0.25, 0.3) is 0 Å². The Bertz CT molecular complexity index is 1260. The number of nitrogens with zero attached hydrogens (tertiary/aromatic N) is 3. The summed E-state index contributed by atoms with van der Waals surface area (Å²) in [5, 5.41) is 2.37. The van der Waals surface area contributed by atoms with Crippen LogP contribution < -0.4 is 10.1 Å². The highest BCUT2D eigenvalue weighted by Gasteiger charge is 2.45. The normalized spacial score (nSPS) is 30.4. The van der Waals surface area contributed by atoms with Gasteiger partial charge in [0.15, 0.2) is 0 Å². The van der Waals surface area contributed by atoms with Crippen molar-refractivity contribution >= 4 is 23.6 Å². The fourth-order valence-electron chi connectivity index (χ4n) is 8.43. The first-order valence-electron chi connectivity index (χ1n) is 16.3. The first kappa shape index (κ1) is 27.9. The SMILES string of the molecule is CC1(C(=O)N2CCC(C3CN([C@@H]4CCCC[C@H]4Oc4ccc5c(c4)CN(C4CCC(=O)NC4=O)C5=O)C3)CC2)CCC1. The van der Waals surface area contributed by atoms with Gasteiger partial charge in [-0.1, -0.05) is 19.8 Å². The highest BCUT2D eigenvalue weighted by Crippen LogP contribution is 2.43. The molecule has 0 aromatic heterocycles. The number of nitrogens with one attached hydrogen (secondary N) is 1. The van der Waals surface area contributed by atoms with Crippen LogP contribution in [0.3, 0.4) is 0 Å². The lowest BCUT2D eigenvalue weighted by atomic mass is 9.69. The van der Waals surface area contributed by atoms with Gasteiger partial charge in [0, 0.05) is 56.2 Å². The Hall–Kier alpha value is -2.94. The Morgan fingerprint density at radius 2 is 1.71 bits per heavy atom. The van der Waals surface area contributed by atoms with Crippen LogP contribution in [-0.2, 0) is 20.9 Å². The fourth-order valence-corrected chi connectivity index (χ4v) is 8.43. The maximum Gasteiger partial charge on any atom is 0.255 e. The number of benzene rings is 1. The predicted molar refractivity (Wildman–Crippen MR) is 155 cm³/mol. The minimum Gasteiger partial charge on any atom is -0.489 e. The minimum atomic E-state index is -0.604. The number of carbonyl (C=O) groups excluding carboxylic acids is 4. The van der Waals surface area contributed by atoms with E-state index in [9.17, 15) is 19.2 Å². The number of likely N-dealkylation sites (tertiary alicyclic amines) is 2. The van der Waals surface area contributed by atoms with Gasteiger partial charge < -0.3 is 14.5 Å². The van der Waals surface area contributed by atoms with Crippen molar-refractivity contribution < 1.29 is 23.9 Å². The zero-order valence-electron chi connectivity index (χ0n) is 24.8. The number of amides is 4. The monoisotopic (exact) mass is 576 g/mol. The molecule has 3 atom stereocenters. The molecule has 9 nitrogen and oxygen atoms in total. The van der Waals surface area contributed by atoms with E-state index in [4.69, 9.17) is 4.74 Å². The van der Waals surface area contributed by atoms with Gasteiger partial charge in [-0.25, -0.2) is 0 Å². The van der Waals surface area contributed by atoms with Gasteiger partial charge in [-0.15, -0.1) is 0 Å². The zero-order chi connectivity index (χ0) is 29.0. The van der Waals surface area contributed by atoms with Gasteiger partial charge in [0.25, 0.3) is 5.91 Å². The highest BCUT2D eigenvalue weighted by molar-refractivity contribution is 6.05. The van der Waals surface area contributed by atoms with Gasteiger partial charge in [0.1, 0.15) is 17.9 Å². The molecule has 1 aromatic rings. The van der Waals surface area contributed by atoms with E-state index >= 15 is 0 Å². The number of rotatable bonds is 6. The maximum absolute atomic E-state index is 13.1. The van der Waals surface area contributed by atoms with E-state index < -0.39 is 6.04 Å². The lowest BCUT2D eigenvalue weighted by molar-refractivity contribution is -0.148. The Morgan fingerprint density at radius 1 is 0.952 bits per heavy atom. The summed E-state index contributed by atoms with van der Waals surface area (Å²) in [6.45, 7) is 6.61. The quantitative estimate of drug-likeness (QED) is 0.521. The summed E-state index contributed by atoms with van der Waals surface area (Å²) in [7, 11) is 0. The molecule has 42 heavy (non-hydrogen) atoms. The Labute approximate surface area is 248 Å². The second-order valence-electron chi connectivity index (χ2n) is 14.0. The largest absolute Gasteiger partial charge is 0.489 e. The van der Waals surface area contributed by atoms with E-state index in [0.29, 0.717) is 42.3 Å². The molecule has 7 rings (SSSR count). The van der Waals surface area contributed by atoms with Crippen molar-refractivity contribution in [1.82, 2.24) is 20.0 Å². The molecule has 0 spiro atoms. The molecule has 1 aromatic carbocycles. The minimum absolute atomic E-state index is 0.0859. The number of hydrogen-bond donors (Lipinski definition) is 1. The third-order valence-electron chi connectivity index (χ3n) is 11.3. The number of imide groups is 1. The summed E-state index contributed by atoms with van der Waals surface area (Å²) >= 11 is 0. The summed E-state index contributed by atoms with van der Waals surface area (Å²) in [6.07, 6.45) is 10.9. The lowest BCUT2D eigenvalue weighted by Gasteiger charge is -2.52. The van der Waals surface area contributed by atoms with Gasteiger partial charge >= 0.3 is 0 Å². The molecule has 4 heterocycles. The first-order chi connectivity index (χ1) is 20.3. The molecule has 2 saturated carbocycles. The second-order valence-corrected chi connectivity index (χ2v) is 14.0. The molecular weight excluding hydrogens is 532 g/mol. The van der Waals surface area contributed by atoms with Crippen LogP contribution >= 0.6 is 0 Å². The number of piperidine rings is 2. The number of hydrogen-bond acceptors (Lipinski definition) is 6. The van der Waals surface area contributed by atoms with Gasteiger partial charge in [0.2, 0.25) is 17.7 Å². The van der Waals surface area contributed by atoms with E-state index in [1.807, 2.05) is 18.2 Å². The molecule has 0 bridgehead atoms. The summed E-state index contributed by atoms with van der Waals surface area (Å²) in [5.41, 5.74) is 1.42. The highest BCUT2D eigenvalue weighted by atomic mass is 16.5. The topological polar surface area (TPSA) is 99.3 Å². The molecule has 6 aliphatic rings. The first-order valence-corrected chi connectivity index (χ1v) is 16.3. The lowest BCUT2D eigenvalue weighted by Crippen LogP contribution is -2.60. The van der Waals surface area contributed by atoms with Crippen molar-refractivity contribution in [1.29, 1.82) is 0 Å². The van der Waals surface area contributed by atoms with E-state index in [-0.39, 0.29) is 35.7 Å². The van der Waals surface area contributed by atoms with Crippen LogP contribution in [0.5, 0.6) is 5.75 Å². The third kappa shape index (κ3) is 5.01. The van der Waals surface area contributed by atoms with E-state index in [1.54, 1.807) is 4.90 Å². The molecule has 1 unspecified atom stereocenters. The number of fused-ring (bicyclic) bond motifs is 1. The molecule has 1 N–H and O–H groups in total. The smallest absolute Gasteiger partial charge is 0.255 e. The van der Waals surface area contributed by atoms with Gasteiger partial charge in [-0.05, 0) is 87.0 Å². The fraction of sp³-hybridized carbons (Fsp3) is 0.697. The van der Waals surface area contributed by atoms with Crippen LogP contribution in [0, 0.1) is 17.3 Å². The van der Waals surface area contributed by atoms with Crippen molar-refractivity contribution in [3.63, 3.8) is 0 Å². The van der Waals surface area contributed by atoms with Gasteiger partial charge in [0.05, 0.1) is 0 Å². The van der Waals surface area contributed by atoms with Crippen LogP contribution in [-0.4, -0.2) is 82.7 Å². The molecule has 3 saturated heterocycles. The standard InChI is InChI=1S/C33H44N4O5/c1-33(13-4-14-33)32(41)35-15-11-21(12-16-35)23-18-36(19-23)26-5-2-3-6-28(26)42-24-7-8-25-22(17-24)20-37(31(25)40)27-9-10-29(38)34-30(27)39/h7-8,17,21,23,26-28H,2-6,9-16,18-20H2,1H3,(H,34,38,39)/t26-,27?,28-/m1/s1. The molecule has 226 valence electrons. The van der Waals surface area contributed by atoms with Crippen LogP contribution in [0.15, 0.2) is 18.2 Å². The summed E-state index contributed by atoms with van der Waals surface area (Å²) in [6, 6.07) is 5.51. The Balaban J connectivity index is 0.932. The summed E-state index contributed by atoms with van der Waals surface area (Å²) in [4.78, 5) is 56.4. The van der Waals surface area contributed by atoms with Gasteiger partial charge in [-0.2, -0.15) is 0 Å².